The van der Waals surface area contributed by atoms with Crippen molar-refractivity contribution in [3.05, 3.63) is 58.3 Å². The predicted octanol–water partition coefficient (Wildman–Crippen LogP) is 3.48. The molecule has 3 rings (SSSR count). The molecule has 2 heterocycles. The lowest BCUT2D eigenvalue weighted by atomic mass is 10.2. The Labute approximate surface area is 145 Å². The molecule has 0 unspecified atom stereocenters. The molecular formula is C16H13BrFN3O3. The van der Waals surface area contributed by atoms with Crippen molar-refractivity contribution in [1.29, 1.82) is 0 Å². The molecule has 124 valence electrons. The summed E-state index contributed by atoms with van der Waals surface area (Å²) in [7, 11) is 0. The summed E-state index contributed by atoms with van der Waals surface area (Å²) in [6.07, 6.45) is 1.97. The lowest BCUT2D eigenvalue weighted by Gasteiger charge is -2.06. The first-order valence-corrected chi connectivity index (χ1v) is 7.98. The zero-order valence-corrected chi connectivity index (χ0v) is 14.0. The fourth-order valence-electron chi connectivity index (χ4n) is 2.04. The van der Waals surface area contributed by atoms with Crippen LogP contribution in [0.5, 0.6) is 0 Å². The molecule has 0 aliphatic carbocycles. The summed E-state index contributed by atoms with van der Waals surface area (Å²) in [5, 5.41) is 6.45. The first-order chi connectivity index (χ1) is 11.6. The van der Waals surface area contributed by atoms with Crippen molar-refractivity contribution >= 4 is 21.8 Å². The fourth-order valence-corrected chi connectivity index (χ4v) is 2.45. The number of carbonyl (C=O) groups excluding carboxylic acids is 1. The Hall–Kier alpha value is -2.48. The molecule has 0 saturated heterocycles. The van der Waals surface area contributed by atoms with Gasteiger partial charge in [-0.3, -0.25) is 4.79 Å². The molecule has 1 aromatic carbocycles. The summed E-state index contributed by atoms with van der Waals surface area (Å²) in [5.41, 5.74) is 0.413. The maximum absolute atomic E-state index is 13.6. The van der Waals surface area contributed by atoms with E-state index in [0.717, 1.165) is 4.47 Å². The summed E-state index contributed by atoms with van der Waals surface area (Å²) in [5.74, 6) is 0.585. The largest absolute Gasteiger partial charge is 0.461 e. The van der Waals surface area contributed by atoms with E-state index in [1.165, 1.54) is 12.3 Å². The van der Waals surface area contributed by atoms with Gasteiger partial charge in [0.15, 0.2) is 5.76 Å². The van der Waals surface area contributed by atoms with Gasteiger partial charge in [0.05, 0.1) is 6.26 Å². The van der Waals surface area contributed by atoms with Gasteiger partial charge in [-0.05, 0) is 30.3 Å². The number of nitrogens with zero attached hydrogens (tertiary/aromatic N) is 2. The van der Waals surface area contributed by atoms with E-state index >= 15 is 0 Å². The number of halogens is 2. The molecule has 8 heteroatoms. The molecule has 24 heavy (non-hydrogen) atoms. The molecule has 1 N–H and O–H groups in total. The number of rotatable bonds is 6. The minimum absolute atomic E-state index is 0.117. The van der Waals surface area contributed by atoms with E-state index in [9.17, 15) is 9.18 Å². The molecular weight excluding hydrogens is 381 g/mol. The highest BCUT2D eigenvalue weighted by Crippen LogP contribution is 2.17. The Balaban J connectivity index is 1.50. The van der Waals surface area contributed by atoms with Crippen LogP contribution >= 0.6 is 15.9 Å². The smallest absolute Gasteiger partial charge is 0.238 e. The zero-order chi connectivity index (χ0) is 16.9. The second-order valence-electron chi connectivity index (χ2n) is 5.00. The van der Waals surface area contributed by atoms with E-state index in [1.807, 2.05) is 0 Å². The van der Waals surface area contributed by atoms with Crippen LogP contribution in [0, 0.1) is 5.82 Å². The first kappa shape index (κ1) is 16.4. The molecule has 0 aliphatic rings. The van der Waals surface area contributed by atoms with Gasteiger partial charge in [0, 0.05) is 29.4 Å². The first-order valence-electron chi connectivity index (χ1n) is 7.19. The van der Waals surface area contributed by atoms with Crippen molar-refractivity contribution in [2.75, 3.05) is 0 Å². The molecule has 0 radical (unpaired) electrons. The molecule has 1 amide bonds. The van der Waals surface area contributed by atoms with E-state index < -0.39 is 0 Å². The number of hydrogen-bond donors (Lipinski definition) is 1. The molecule has 0 atom stereocenters. The second-order valence-corrected chi connectivity index (χ2v) is 5.92. The maximum atomic E-state index is 13.6. The number of carbonyl (C=O) groups is 1. The van der Waals surface area contributed by atoms with E-state index in [0.29, 0.717) is 29.5 Å². The number of aryl methyl sites for hydroxylation is 1. The second kappa shape index (κ2) is 7.39. The lowest BCUT2D eigenvalue weighted by molar-refractivity contribution is -0.121. The third-order valence-electron chi connectivity index (χ3n) is 3.26. The van der Waals surface area contributed by atoms with Gasteiger partial charge in [0.1, 0.15) is 5.82 Å². The summed E-state index contributed by atoms with van der Waals surface area (Å²) in [4.78, 5) is 16.0. The quantitative estimate of drug-likeness (QED) is 0.693. The van der Waals surface area contributed by atoms with Crippen LogP contribution in [0.3, 0.4) is 0 Å². The van der Waals surface area contributed by atoms with E-state index in [1.54, 1.807) is 24.3 Å². The summed E-state index contributed by atoms with van der Waals surface area (Å²) in [6, 6.07) is 8.02. The highest BCUT2D eigenvalue weighted by atomic mass is 79.9. The summed E-state index contributed by atoms with van der Waals surface area (Å²) >= 11 is 3.27. The Morgan fingerprint density at radius 1 is 1.33 bits per heavy atom. The van der Waals surface area contributed by atoms with Crippen molar-refractivity contribution in [3.8, 4) is 11.6 Å². The number of aromatic nitrogens is 2. The zero-order valence-electron chi connectivity index (χ0n) is 12.5. The number of benzene rings is 1. The minimum atomic E-state index is -0.363. The molecule has 0 bridgehead atoms. The molecule has 0 spiro atoms. The van der Waals surface area contributed by atoms with Crippen LogP contribution in [0.4, 0.5) is 4.39 Å². The SMILES string of the molecule is O=C(CCc1nc(-c2ccco2)no1)NCc1cc(Br)ccc1F. The molecule has 3 aromatic rings. The van der Waals surface area contributed by atoms with Crippen LogP contribution in [-0.2, 0) is 17.8 Å². The van der Waals surface area contributed by atoms with Gasteiger partial charge in [-0.15, -0.1) is 0 Å². The average molecular weight is 394 g/mol. The van der Waals surface area contributed by atoms with Crippen LogP contribution in [-0.4, -0.2) is 16.0 Å². The van der Waals surface area contributed by atoms with Crippen LogP contribution in [0.1, 0.15) is 17.9 Å². The van der Waals surface area contributed by atoms with E-state index in [4.69, 9.17) is 8.94 Å². The van der Waals surface area contributed by atoms with Gasteiger partial charge in [-0.2, -0.15) is 4.98 Å². The highest BCUT2D eigenvalue weighted by Gasteiger charge is 2.12. The third kappa shape index (κ3) is 4.08. The van der Waals surface area contributed by atoms with Crippen LogP contribution < -0.4 is 5.32 Å². The van der Waals surface area contributed by atoms with Crippen LogP contribution in [0.15, 0.2) is 50.0 Å². The number of nitrogens with one attached hydrogen (secondary N) is 1. The maximum Gasteiger partial charge on any atom is 0.238 e. The lowest BCUT2D eigenvalue weighted by Crippen LogP contribution is -2.23. The topological polar surface area (TPSA) is 81.2 Å². The highest BCUT2D eigenvalue weighted by molar-refractivity contribution is 9.10. The Morgan fingerprint density at radius 2 is 2.21 bits per heavy atom. The molecule has 0 aliphatic heterocycles. The van der Waals surface area contributed by atoms with Crippen molar-refractivity contribution in [2.24, 2.45) is 0 Å². The van der Waals surface area contributed by atoms with Crippen molar-refractivity contribution in [2.45, 2.75) is 19.4 Å². The van der Waals surface area contributed by atoms with Crippen molar-refractivity contribution < 1.29 is 18.1 Å². The predicted molar refractivity (Wildman–Crippen MR) is 86.3 cm³/mol. The van der Waals surface area contributed by atoms with Gasteiger partial charge in [0.2, 0.25) is 17.6 Å². The summed E-state index contributed by atoms with van der Waals surface area (Å²) in [6.45, 7) is 0.117. The van der Waals surface area contributed by atoms with Gasteiger partial charge in [0.25, 0.3) is 0 Å². The van der Waals surface area contributed by atoms with E-state index in [-0.39, 0.29) is 24.7 Å². The van der Waals surface area contributed by atoms with Gasteiger partial charge in [-0.25, -0.2) is 4.39 Å². The summed E-state index contributed by atoms with van der Waals surface area (Å²) < 4.78 is 24.6. The monoisotopic (exact) mass is 393 g/mol. The van der Waals surface area contributed by atoms with Gasteiger partial charge >= 0.3 is 0 Å². The minimum Gasteiger partial charge on any atom is -0.461 e. The average Bonchev–Trinajstić information content (AvgIpc) is 3.24. The number of hydrogen-bond acceptors (Lipinski definition) is 5. The number of amides is 1. The van der Waals surface area contributed by atoms with Gasteiger partial charge < -0.3 is 14.3 Å². The van der Waals surface area contributed by atoms with Gasteiger partial charge in [-0.1, -0.05) is 21.1 Å². The van der Waals surface area contributed by atoms with Crippen molar-refractivity contribution in [3.63, 3.8) is 0 Å². The Kier molecular flexibility index (Phi) is 5.05. The normalized spacial score (nSPS) is 10.8. The fraction of sp³-hybridized carbons (Fsp3) is 0.188. The van der Waals surface area contributed by atoms with Crippen molar-refractivity contribution in [1.82, 2.24) is 15.5 Å². The third-order valence-corrected chi connectivity index (χ3v) is 3.75. The van der Waals surface area contributed by atoms with E-state index in [2.05, 4.69) is 31.4 Å². The Bertz CT molecular complexity index is 833. The molecule has 0 saturated carbocycles. The van der Waals surface area contributed by atoms with Crippen LogP contribution in [0.25, 0.3) is 11.6 Å². The van der Waals surface area contributed by atoms with Crippen LogP contribution in [0.2, 0.25) is 0 Å². The number of furan rings is 1. The Morgan fingerprint density at radius 3 is 3.00 bits per heavy atom. The molecule has 0 fully saturated rings. The molecule has 2 aromatic heterocycles. The molecule has 6 nitrogen and oxygen atoms in total. The standard InChI is InChI=1S/C16H13BrFN3O3/c17-11-3-4-12(18)10(8-11)9-19-14(22)5-6-15-20-16(21-24-15)13-2-1-7-23-13/h1-4,7-8H,5-6,9H2,(H,19,22).